The lowest BCUT2D eigenvalue weighted by molar-refractivity contribution is 0.469. The van der Waals surface area contributed by atoms with Gasteiger partial charge in [0.05, 0.1) is 5.01 Å². The number of nitrogens with zero attached hydrogens (tertiary/aromatic N) is 1. The van der Waals surface area contributed by atoms with Crippen molar-refractivity contribution in [3.63, 3.8) is 0 Å². The molecule has 1 aromatic heterocycles. The molecule has 1 heterocycles. The van der Waals surface area contributed by atoms with Crippen LogP contribution in [0.3, 0.4) is 0 Å². The van der Waals surface area contributed by atoms with Gasteiger partial charge in [0, 0.05) is 11.1 Å². The van der Waals surface area contributed by atoms with Crippen molar-refractivity contribution in [3.8, 4) is 0 Å². The van der Waals surface area contributed by atoms with Crippen molar-refractivity contribution in [2.45, 2.75) is 41.5 Å². The van der Waals surface area contributed by atoms with Gasteiger partial charge in [-0.2, -0.15) is 0 Å². The minimum atomic E-state index is 0.500. The Kier molecular flexibility index (Phi) is 4.46. The third kappa shape index (κ3) is 9.63. The maximum Gasteiger partial charge on any atom is 0.0897 e. The Bertz CT molecular complexity index is 197. The summed E-state index contributed by atoms with van der Waals surface area (Å²) < 4.78 is 0. The standard InChI is InChI=1S/C5H7NS.C5H12/c1-4-3-7-5(2)6-4;1-5(2,3)4/h3H,1-2H3;1-4H3. The zero-order valence-electron chi connectivity index (χ0n) is 8.93. The molecule has 2 heteroatoms. The molecule has 1 nitrogen and oxygen atoms in total. The average molecular weight is 185 g/mol. The summed E-state index contributed by atoms with van der Waals surface area (Å²) in [5, 5.41) is 3.20. The molecule has 12 heavy (non-hydrogen) atoms. The third-order valence-corrected chi connectivity index (χ3v) is 1.63. The second-order valence-corrected chi connectivity index (χ2v) is 5.57. The first-order valence-electron chi connectivity index (χ1n) is 4.18. The number of aromatic nitrogens is 1. The summed E-state index contributed by atoms with van der Waals surface area (Å²) >= 11 is 1.69. The first kappa shape index (κ1) is 11.6. The van der Waals surface area contributed by atoms with E-state index in [0.29, 0.717) is 5.41 Å². The fourth-order valence-corrected chi connectivity index (χ4v) is 1.06. The van der Waals surface area contributed by atoms with Gasteiger partial charge in [-0.3, -0.25) is 0 Å². The van der Waals surface area contributed by atoms with Gasteiger partial charge in [0.15, 0.2) is 0 Å². The molecular formula is C10H19NS. The van der Waals surface area contributed by atoms with Gasteiger partial charge in [0.1, 0.15) is 0 Å². The van der Waals surface area contributed by atoms with Crippen LogP contribution in [0.5, 0.6) is 0 Å². The second kappa shape index (κ2) is 4.61. The molecule has 0 saturated carbocycles. The second-order valence-electron chi connectivity index (χ2n) is 4.51. The molecule has 0 aliphatic heterocycles. The molecule has 0 aliphatic carbocycles. The van der Waals surface area contributed by atoms with Crippen LogP contribution in [0.1, 0.15) is 38.4 Å². The molecule has 1 rings (SSSR count). The van der Waals surface area contributed by atoms with Gasteiger partial charge in [0.25, 0.3) is 0 Å². The highest BCUT2D eigenvalue weighted by molar-refractivity contribution is 7.09. The Labute approximate surface area is 79.9 Å². The van der Waals surface area contributed by atoms with E-state index in [1.165, 1.54) is 0 Å². The molecule has 0 radical (unpaired) electrons. The molecule has 1 aromatic rings. The first-order chi connectivity index (χ1) is 5.29. The fourth-order valence-electron chi connectivity index (χ4n) is 0.472. The quantitative estimate of drug-likeness (QED) is 0.599. The highest BCUT2D eigenvalue weighted by atomic mass is 32.1. The summed E-state index contributed by atoms with van der Waals surface area (Å²) in [5.74, 6) is 0. The third-order valence-electron chi connectivity index (χ3n) is 0.734. The molecular weight excluding hydrogens is 166 g/mol. The van der Waals surface area contributed by atoms with Crippen molar-refractivity contribution < 1.29 is 0 Å². The van der Waals surface area contributed by atoms with Gasteiger partial charge < -0.3 is 0 Å². The summed E-state index contributed by atoms with van der Waals surface area (Å²) in [6.45, 7) is 12.8. The SMILES string of the molecule is CC(C)(C)C.Cc1csc(C)n1. The van der Waals surface area contributed by atoms with Crippen LogP contribution in [0, 0.1) is 19.3 Å². The van der Waals surface area contributed by atoms with Gasteiger partial charge in [-0.15, -0.1) is 11.3 Å². The first-order valence-corrected chi connectivity index (χ1v) is 5.06. The van der Waals surface area contributed by atoms with E-state index in [0.717, 1.165) is 10.7 Å². The topological polar surface area (TPSA) is 12.9 Å². The Morgan fingerprint density at radius 3 is 1.67 bits per heavy atom. The van der Waals surface area contributed by atoms with E-state index < -0.39 is 0 Å². The maximum absolute atomic E-state index is 4.13. The van der Waals surface area contributed by atoms with Crippen LogP contribution < -0.4 is 0 Å². The van der Waals surface area contributed by atoms with E-state index >= 15 is 0 Å². The molecule has 0 saturated heterocycles. The van der Waals surface area contributed by atoms with E-state index in [4.69, 9.17) is 0 Å². The number of hydrogen-bond donors (Lipinski definition) is 0. The summed E-state index contributed by atoms with van der Waals surface area (Å²) in [6, 6.07) is 0. The van der Waals surface area contributed by atoms with Gasteiger partial charge >= 0.3 is 0 Å². The van der Waals surface area contributed by atoms with Crippen molar-refractivity contribution in [2.24, 2.45) is 5.41 Å². The Morgan fingerprint density at radius 2 is 1.58 bits per heavy atom. The van der Waals surface area contributed by atoms with Crippen LogP contribution in [-0.2, 0) is 0 Å². The van der Waals surface area contributed by atoms with Crippen molar-refractivity contribution in [2.75, 3.05) is 0 Å². The van der Waals surface area contributed by atoms with Crippen LogP contribution in [0.2, 0.25) is 0 Å². The summed E-state index contributed by atoms with van der Waals surface area (Å²) in [5.41, 5.74) is 1.63. The molecule has 0 N–H and O–H groups in total. The van der Waals surface area contributed by atoms with Crippen molar-refractivity contribution in [1.29, 1.82) is 0 Å². The molecule has 0 bridgehead atoms. The maximum atomic E-state index is 4.13. The van der Waals surface area contributed by atoms with Gasteiger partial charge in [-0.1, -0.05) is 27.7 Å². The molecule has 0 aliphatic rings. The molecule has 70 valence electrons. The Morgan fingerprint density at radius 1 is 1.17 bits per heavy atom. The summed E-state index contributed by atoms with van der Waals surface area (Å²) in [6.07, 6.45) is 0. The normalized spacial score (nSPS) is 10.5. The van der Waals surface area contributed by atoms with E-state index in [-0.39, 0.29) is 0 Å². The predicted octanol–water partition coefficient (Wildman–Crippen LogP) is 3.81. The van der Waals surface area contributed by atoms with Gasteiger partial charge in [0.2, 0.25) is 0 Å². The number of thiazole rings is 1. The van der Waals surface area contributed by atoms with Crippen molar-refractivity contribution in [1.82, 2.24) is 4.98 Å². The Hall–Kier alpha value is -0.370. The Balaban J connectivity index is 0.000000217. The van der Waals surface area contributed by atoms with E-state index in [1.54, 1.807) is 11.3 Å². The monoisotopic (exact) mass is 185 g/mol. The minimum absolute atomic E-state index is 0.500. The van der Waals surface area contributed by atoms with Crippen LogP contribution in [-0.4, -0.2) is 4.98 Å². The molecule has 0 unspecified atom stereocenters. The number of rotatable bonds is 0. The van der Waals surface area contributed by atoms with Gasteiger partial charge in [-0.25, -0.2) is 4.98 Å². The zero-order valence-corrected chi connectivity index (χ0v) is 9.75. The van der Waals surface area contributed by atoms with Crippen molar-refractivity contribution in [3.05, 3.63) is 16.1 Å². The van der Waals surface area contributed by atoms with Crippen LogP contribution >= 0.6 is 11.3 Å². The molecule has 0 spiro atoms. The van der Waals surface area contributed by atoms with Crippen LogP contribution in [0.15, 0.2) is 5.38 Å². The van der Waals surface area contributed by atoms with E-state index in [2.05, 4.69) is 38.1 Å². The lowest BCUT2D eigenvalue weighted by Crippen LogP contribution is -1.93. The molecule has 0 amide bonds. The lowest BCUT2D eigenvalue weighted by Gasteiger charge is -2.05. The number of hydrogen-bond acceptors (Lipinski definition) is 2. The van der Waals surface area contributed by atoms with Crippen LogP contribution in [0.4, 0.5) is 0 Å². The molecule has 0 fully saturated rings. The summed E-state index contributed by atoms with van der Waals surface area (Å²) in [4.78, 5) is 4.13. The zero-order chi connectivity index (χ0) is 9.78. The average Bonchev–Trinajstić information content (AvgIpc) is 2.09. The smallest absolute Gasteiger partial charge is 0.0897 e. The number of aryl methyl sites for hydroxylation is 2. The highest BCUT2D eigenvalue weighted by Gasteiger charge is 1.95. The lowest BCUT2D eigenvalue weighted by atomic mass is 10.0. The predicted molar refractivity (Wildman–Crippen MR) is 56.7 cm³/mol. The molecule has 0 aromatic carbocycles. The minimum Gasteiger partial charge on any atom is -0.247 e. The van der Waals surface area contributed by atoms with E-state index in [9.17, 15) is 0 Å². The van der Waals surface area contributed by atoms with Crippen LogP contribution in [0.25, 0.3) is 0 Å². The van der Waals surface area contributed by atoms with Gasteiger partial charge in [-0.05, 0) is 19.3 Å². The highest BCUT2D eigenvalue weighted by Crippen LogP contribution is 2.08. The fraction of sp³-hybridized carbons (Fsp3) is 0.700. The van der Waals surface area contributed by atoms with Crippen molar-refractivity contribution >= 4 is 11.3 Å². The molecule has 0 atom stereocenters. The summed E-state index contributed by atoms with van der Waals surface area (Å²) in [7, 11) is 0. The largest absolute Gasteiger partial charge is 0.247 e. The van der Waals surface area contributed by atoms with E-state index in [1.807, 2.05) is 13.8 Å².